The Balaban J connectivity index is 2.53. The highest BCUT2D eigenvalue weighted by Crippen LogP contribution is 2.28. The summed E-state index contributed by atoms with van der Waals surface area (Å²) in [6.45, 7) is 1.65. The fraction of sp³-hybridized carbons (Fsp3) is 0.143. The summed E-state index contributed by atoms with van der Waals surface area (Å²) in [5.41, 5.74) is 7.32. The fourth-order valence-corrected chi connectivity index (χ4v) is 3.40. The molecule has 108 valence electrons. The Morgan fingerprint density at radius 2 is 2.05 bits per heavy atom. The van der Waals surface area contributed by atoms with Gasteiger partial charge in [-0.3, -0.25) is 9.29 Å². The Morgan fingerprint density at radius 3 is 2.62 bits per heavy atom. The van der Waals surface area contributed by atoms with Gasteiger partial charge in [0.2, 0.25) is 0 Å². The van der Waals surface area contributed by atoms with Gasteiger partial charge in [-0.1, -0.05) is 0 Å². The Labute approximate surface area is 123 Å². The summed E-state index contributed by atoms with van der Waals surface area (Å²) < 4.78 is 26.5. The van der Waals surface area contributed by atoms with E-state index >= 15 is 0 Å². The zero-order valence-electron chi connectivity index (χ0n) is 11.6. The van der Waals surface area contributed by atoms with E-state index in [4.69, 9.17) is 11.0 Å². The molecule has 1 aromatic heterocycles. The third-order valence-electron chi connectivity index (χ3n) is 3.11. The first-order chi connectivity index (χ1) is 9.87. The molecular weight excluding hydrogens is 288 g/mol. The highest BCUT2D eigenvalue weighted by Gasteiger charge is 2.24. The van der Waals surface area contributed by atoms with Gasteiger partial charge in [0, 0.05) is 13.2 Å². The molecule has 0 saturated carbocycles. The van der Waals surface area contributed by atoms with Gasteiger partial charge in [0.1, 0.15) is 0 Å². The maximum Gasteiger partial charge on any atom is 0.264 e. The van der Waals surface area contributed by atoms with Gasteiger partial charge >= 0.3 is 0 Å². The van der Waals surface area contributed by atoms with E-state index in [9.17, 15) is 8.42 Å². The topological polar surface area (TPSA) is 100 Å². The minimum atomic E-state index is -3.75. The molecule has 2 aromatic rings. The predicted octanol–water partition coefficient (Wildman–Crippen LogP) is 1.67. The normalized spacial score (nSPS) is 10.9. The number of hydrogen-bond donors (Lipinski definition) is 1. The van der Waals surface area contributed by atoms with Crippen molar-refractivity contribution in [2.24, 2.45) is 0 Å². The second kappa shape index (κ2) is 5.42. The van der Waals surface area contributed by atoms with E-state index < -0.39 is 10.0 Å². The summed E-state index contributed by atoms with van der Waals surface area (Å²) in [6, 6.07) is 7.96. The summed E-state index contributed by atoms with van der Waals surface area (Å²) in [5.74, 6) is 0. The first kappa shape index (κ1) is 14.8. The molecule has 0 aliphatic heterocycles. The third kappa shape index (κ3) is 2.66. The van der Waals surface area contributed by atoms with Crippen molar-refractivity contribution < 1.29 is 8.42 Å². The van der Waals surface area contributed by atoms with Crippen LogP contribution in [0.1, 0.15) is 11.1 Å². The van der Waals surface area contributed by atoms with Crippen LogP contribution in [0.2, 0.25) is 0 Å². The highest BCUT2D eigenvalue weighted by molar-refractivity contribution is 7.92. The molecule has 21 heavy (non-hydrogen) atoms. The zero-order chi connectivity index (χ0) is 15.6. The van der Waals surface area contributed by atoms with Crippen molar-refractivity contribution in [3.8, 4) is 6.07 Å². The second-order valence-electron chi connectivity index (χ2n) is 4.50. The van der Waals surface area contributed by atoms with Crippen molar-refractivity contribution in [3.63, 3.8) is 0 Å². The molecule has 7 heteroatoms. The van der Waals surface area contributed by atoms with Gasteiger partial charge < -0.3 is 5.73 Å². The van der Waals surface area contributed by atoms with Crippen LogP contribution in [-0.4, -0.2) is 20.4 Å². The number of nitrogens with two attached hydrogens (primary N) is 1. The summed E-state index contributed by atoms with van der Waals surface area (Å²) in [7, 11) is -2.32. The number of nitrogens with zero attached hydrogens (tertiary/aromatic N) is 3. The average molecular weight is 302 g/mol. The molecule has 0 unspecified atom stereocenters. The van der Waals surface area contributed by atoms with Crippen molar-refractivity contribution >= 4 is 21.4 Å². The lowest BCUT2D eigenvalue weighted by Crippen LogP contribution is -2.28. The van der Waals surface area contributed by atoms with Crippen LogP contribution in [-0.2, 0) is 10.0 Å². The molecular formula is C14H14N4O2S. The number of aromatic nitrogens is 1. The number of nitrogen functional groups attached to an aromatic ring is 1. The monoisotopic (exact) mass is 302 g/mol. The molecule has 0 bridgehead atoms. The number of nitriles is 1. The smallest absolute Gasteiger partial charge is 0.264 e. The molecule has 0 saturated heterocycles. The predicted molar refractivity (Wildman–Crippen MR) is 80.1 cm³/mol. The van der Waals surface area contributed by atoms with Gasteiger partial charge in [-0.2, -0.15) is 5.26 Å². The highest BCUT2D eigenvalue weighted by atomic mass is 32.2. The molecule has 0 amide bonds. The Bertz CT molecular complexity index is 825. The molecule has 0 spiro atoms. The fourth-order valence-electron chi connectivity index (χ4n) is 1.97. The summed E-state index contributed by atoms with van der Waals surface area (Å²) in [6.07, 6.45) is 2.87. The number of aryl methyl sites for hydroxylation is 1. The lowest BCUT2D eigenvalue weighted by molar-refractivity contribution is 0.594. The number of pyridine rings is 1. The molecule has 1 heterocycles. The van der Waals surface area contributed by atoms with Gasteiger partial charge in [-0.05, 0) is 36.8 Å². The van der Waals surface area contributed by atoms with Gasteiger partial charge in [0.25, 0.3) is 10.0 Å². The van der Waals surface area contributed by atoms with E-state index in [2.05, 4.69) is 4.98 Å². The maximum absolute atomic E-state index is 12.7. The van der Waals surface area contributed by atoms with Gasteiger partial charge in [-0.25, -0.2) is 8.42 Å². The van der Waals surface area contributed by atoms with Crippen LogP contribution < -0.4 is 10.0 Å². The molecule has 0 fully saturated rings. The molecule has 0 atom stereocenters. The van der Waals surface area contributed by atoms with Crippen LogP contribution in [0.4, 0.5) is 11.4 Å². The van der Waals surface area contributed by atoms with Crippen LogP contribution in [0, 0.1) is 18.3 Å². The van der Waals surface area contributed by atoms with E-state index in [1.165, 1.54) is 43.7 Å². The summed E-state index contributed by atoms with van der Waals surface area (Å²) in [5, 5.41) is 8.85. The lowest BCUT2D eigenvalue weighted by atomic mass is 10.2. The van der Waals surface area contributed by atoms with Crippen molar-refractivity contribution in [1.29, 1.82) is 5.26 Å². The van der Waals surface area contributed by atoms with Crippen LogP contribution in [0.15, 0.2) is 41.6 Å². The number of anilines is 2. The van der Waals surface area contributed by atoms with Crippen LogP contribution in [0.5, 0.6) is 0 Å². The Kier molecular flexibility index (Phi) is 3.82. The largest absolute Gasteiger partial charge is 0.396 e. The molecule has 1 aromatic carbocycles. The SMILES string of the molecule is Cc1cc(C#N)ccc1S(=O)(=O)N(C)c1ccncc1N. The number of rotatable bonds is 3. The van der Waals surface area contributed by atoms with Crippen LogP contribution >= 0.6 is 0 Å². The van der Waals surface area contributed by atoms with Crippen LogP contribution in [0.3, 0.4) is 0 Å². The van der Waals surface area contributed by atoms with Crippen LogP contribution in [0.25, 0.3) is 0 Å². The Morgan fingerprint density at radius 1 is 1.33 bits per heavy atom. The Hall–Kier alpha value is -2.59. The van der Waals surface area contributed by atoms with Gasteiger partial charge in [-0.15, -0.1) is 0 Å². The third-order valence-corrected chi connectivity index (χ3v) is 5.04. The molecule has 6 nitrogen and oxygen atoms in total. The van der Waals surface area contributed by atoms with E-state index in [1.54, 1.807) is 6.92 Å². The quantitative estimate of drug-likeness (QED) is 0.929. The first-order valence-corrected chi connectivity index (χ1v) is 7.51. The number of sulfonamides is 1. The summed E-state index contributed by atoms with van der Waals surface area (Å²) in [4.78, 5) is 3.98. The summed E-state index contributed by atoms with van der Waals surface area (Å²) >= 11 is 0. The second-order valence-corrected chi connectivity index (χ2v) is 6.44. The minimum absolute atomic E-state index is 0.139. The molecule has 2 N–H and O–H groups in total. The standard InChI is InChI=1S/C14H14N4O2S/c1-10-7-11(8-15)3-4-14(10)21(19,20)18(2)13-5-6-17-9-12(13)16/h3-7,9H,16H2,1-2H3. The molecule has 0 aliphatic rings. The molecule has 0 radical (unpaired) electrons. The van der Waals surface area contributed by atoms with Crippen molar-refractivity contribution in [2.75, 3.05) is 17.1 Å². The maximum atomic E-state index is 12.7. The lowest BCUT2D eigenvalue weighted by Gasteiger charge is -2.21. The van der Waals surface area contributed by atoms with Crippen molar-refractivity contribution in [3.05, 3.63) is 47.8 Å². The number of benzene rings is 1. The van der Waals surface area contributed by atoms with E-state index in [-0.39, 0.29) is 10.6 Å². The van der Waals surface area contributed by atoms with E-state index in [0.29, 0.717) is 16.8 Å². The molecule has 0 aliphatic carbocycles. The van der Waals surface area contributed by atoms with Crippen molar-refractivity contribution in [2.45, 2.75) is 11.8 Å². The van der Waals surface area contributed by atoms with Gasteiger partial charge in [0.05, 0.1) is 34.1 Å². The average Bonchev–Trinajstić information content (AvgIpc) is 2.46. The molecule has 2 rings (SSSR count). The zero-order valence-corrected chi connectivity index (χ0v) is 12.4. The number of hydrogen-bond acceptors (Lipinski definition) is 5. The minimum Gasteiger partial charge on any atom is -0.396 e. The first-order valence-electron chi connectivity index (χ1n) is 6.07. The van der Waals surface area contributed by atoms with E-state index in [0.717, 1.165) is 4.31 Å². The van der Waals surface area contributed by atoms with Crippen molar-refractivity contribution in [1.82, 2.24) is 4.98 Å². The van der Waals surface area contributed by atoms with Gasteiger partial charge in [0.15, 0.2) is 0 Å². The van der Waals surface area contributed by atoms with E-state index in [1.807, 2.05) is 6.07 Å².